The van der Waals surface area contributed by atoms with Gasteiger partial charge in [0.2, 0.25) is 0 Å². The molecule has 0 saturated carbocycles. The molecule has 0 spiro atoms. The topological polar surface area (TPSA) is 80.4 Å². The summed E-state index contributed by atoms with van der Waals surface area (Å²) in [5, 5.41) is 4.00. The molecule has 1 aromatic heterocycles. The van der Waals surface area contributed by atoms with E-state index in [9.17, 15) is 18.0 Å². The molecule has 0 aliphatic carbocycles. The average Bonchev–Trinajstić information content (AvgIpc) is 2.93. The zero-order valence-electron chi connectivity index (χ0n) is 12.5. The van der Waals surface area contributed by atoms with E-state index in [2.05, 4.69) is 15.5 Å². The van der Waals surface area contributed by atoms with E-state index in [4.69, 9.17) is 5.73 Å². The van der Waals surface area contributed by atoms with Crippen LogP contribution in [0.15, 0.2) is 47.6 Å². The zero-order valence-corrected chi connectivity index (χ0v) is 13.4. The number of fused-ring (bicyclic) bond motifs is 1. The first-order chi connectivity index (χ1) is 11.8. The van der Waals surface area contributed by atoms with Crippen LogP contribution in [-0.4, -0.2) is 17.1 Å². The summed E-state index contributed by atoms with van der Waals surface area (Å²) in [6, 6.07) is 9.73. The van der Waals surface area contributed by atoms with Gasteiger partial charge in [-0.1, -0.05) is 29.5 Å². The highest BCUT2D eigenvalue weighted by molar-refractivity contribution is 7.22. The van der Waals surface area contributed by atoms with Gasteiger partial charge >= 0.3 is 6.18 Å². The number of hydrazone groups is 1. The fourth-order valence-corrected chi connectivity index (χ4v) is 2.95. The van der Waals surface area contributed by atoms with E-state index < -0.39 is 17.6 Å². The van der Waals surface area contributed by atoms with Crippen LogP contribution in [0.1, 0.15) is 21.5 Å². The van der Waals surface area contributed by atoms with E-state index in [0.29, 0.717) is 16.2 Å². The summed E-state index contributed by atoms with van der Waals surface area (Å²) >= 11 is 1.23. The van der Waals surface area contributed by atoms with E-state index in [-0.39, 0.29) is 5.56 Å². The van der Waals surface area contributed by atoms with E-state index >= 15 is 0 Å². The summed E-state index contributed by atoms with van der Waals surface area (Å²) in [6.07, 6.45) is -3.53. The maximum atomic E-state index is 12.9. The molecule has 25 heavy (non-hydrogen) atoms. The second-order valence-corrected chi connectivity index (χ2v) is 6.08. The predicted molar refractivity (Wildman–Crippen MR) is 90.5 cm³/mol. The number of carbonyl (C=O) groups excluding carboxylic acids is 1. The van der Waals surface area contributed by atoms with Crippen LogP contribution in [-0.2, 0) is 6.18 Å². The summed E-state index contributed by atoms with van der Waals surface area (Å²) in [4.78, 5) is 16.1. The van der Waals surface area contributed by atoms with Crippen LogP contribution in [0, 0.1) is 0 Å². The number of carbonyl (C=O) groups is 1. The van der Waals surface area contributed by atoms with Crippen molar-refractivity contribution in [2.75, 3.05) is 5.73 Å². The first-order valence-electron chi connectivity index (χ1n) is 7.00. The number of hydrogen-bond acceptors (Lipinski definition) is 5. The largest absolute Gasteiger partial charge is 0.417 e. The van der Waals surface area contributed by atoms with Gasteiger partial charge in [-0.2, -0.15) is 18.3 Å². The highest BCUT2D eigenvalue weighted by Crippen LogP contribution is 2.31. The smallest absolute Gasteiger partial charge is 0.375 e. The van der Waals surface area contributed by atoms with Crippen molar-refractivity contribution in [2.24, 2.45) is 5.10 Å². The highest BCUT2D eigenvalue weighted by Gasteiger charge is 2.32. The van der Waals surface area contributed by atoms with Crippen LogP contribution in [0.2, 0.25) is 0 Å². The number of alkyl halides is 3. The lowest BCUT2D eigenvalue weighted by Gasteiger charge is -2.09. The SMILES string of the molecule is Nc1nc2ccc(C(=O)N/N=C\c3ccccc3C(F)(F)F)cc2s1. The molecule has 1 heterocycles. The number of nitrogens with zero attached hydrogens (tertiary/aromatic N) is 2. The number of nitrogens with one attached hydrogen (secondary N) is 1. The second kappa shape index (κ2) is 6.52. The Bertz CT molecular complexity index is 965. The number of anilines is 1. The van der Waals surface area contributed by atoms with Gasteiger partial charge in [0, 0.05) is 11.1 Å². The summed E-state index contributed by atoms with van der Waals surface area (Å²) in [5.41, 5.74) is 7.82. The summed E-state index contributed by atoms with van der Waals surface area (Å²) in [6.45, 7) is 0. The molecule has 3 rings (SSSR count). The Kier molecular flexibility index (Phi) is 4.41. The van der Waals surface area contributed by atoms with Gasteiger partial charge < -0.3 is 5.73 Å². The van der Waals surface area contributed by atoms with Gasteiger partial charge in [-0.05, 0) is 24.3 Å². The number of benzene rings is 2. The molecule has 0 radical (unpaired) electrons. The average molecular weight is 364 g/mol. The minimum atomic E-state index is -4.50. The third-order valence-corrected chi connectivity index (χ3v) is 4.15. The third-order valence-electron chi connectivity index (χ3n) is 3.30. The lowest BCUT2D eigenvalue weighted by Crippen LogP contribution is -2.18. The minimum Gasteiger partial charge on any atom is -0.375 e. The monoisotopic (exact) mass is 364 g/mol. The van der Waals surface area contributed by atoms with Gasteiger partial charge in [0.1, 0.15) is 0 Å². The van der Waals surface area contributed by atoms with Crippen molar-refractivity contribution in [3.05, 3.63) is 59.2 Å². The molecule has 1 amide bonds. The van der Waals surface area contributed by atoms with Crippen LogP contribution in [0.25, 0.3) is 10.2 Å². The second-order valence-electron chi connectivity index (χ2n) is 5.02. The Hall–Kier alpha value is -2.94. The molecule has 2 aromatic carbocycles. The van der Waals surface area contributed by atoms with Gasteiger partial charge in [-0.3, -0.25) is 4.79 Å². The van der Waals surface area contributed by atoms with Crippen LogP contribution in [0.3, 0.4) is 0 Å². The van der Waals surface area contributed by atoms with E-state index in [1.165, 1.54) is 35.6 Å². The Morgan fingerprint density at radius 2 is 2.00 bits per heavy atom. The Morgan fingerprint density at radius 1 is 1.24 bits per heavy atom. The lowest BCUT2D eigenvalue weighted by molar-refractivity contribution is -0.137. The summed E-state index contributed by atoms with van der Waals surface area (Å²) in [5.74, 6) is -0.547. The van der Waals surface area contributed by atoms with Crippen molar-refractivity contribution in [1.82, 2.24) is 10.4 Å². The number of amides is 1. The summed E-state index contributed by atoms with van der Waals surface area (Å²) < 4.78 is 39.4. The Balaban J connectivity index is 1.76. The molecule has 3 aromatic rings. The first-order valence-corrected chi connectivity index (χ1v) is 7.82. The number of halogens is 3. The number of nitrogens with two attached hydrogens (primary N) is 1. The molecule has 0 bridgehead atoms. The van der Waals surface area contributed by atoms with Crippen molar-refractivity contribution in [3.63, 3.8) is 0 Å². The lowest BCUT2D eigenvalue weighted by atomic mass is 10.1. The molecular weight excluding hydrogens is 353 g/mol. The summed E-state index contributed by atoms with van der Waals surface area (Å²) in [7, 11) is 0. The zero-order chi connectivity index (χ0) is 18.0. The Labute approximate surface area is 144 Å². The van der Waals surface area contributed by atoms with Crippen molar-refractivity contribution in [3.8, 4) is 0 Å². The number of hydrogen-bond donors (Lipinski definition) is 2. The number of aromatic nitrogens is 1. The van der Waals surface area contributed by atoms with Gasteiger partial charge in [0.25, 0.3) is 5.91 Å². The molecule has 0 saturated heterocycles. The normalized spacial score (nSPS) is 12.0. The van der Waals surface area contributed by atoms with E-state index in [1.54, 1.807) is 12.1 Å². The molecule has 128 valence electrons. The number of thiazole rings is 1. The van der Waals surface area contributed by atoms with Crippen molar-refractivity contribution in [2.45, 2.75) is 6.18 Å². The standard InChI is InChI=1S/C16H11F3N4OS/c17-16(18,19)11-4-2-1-3-10(11)8-21-23-14(24)9-5-6-12-13(7-9)25-15(20)22-12/h1-8H,(H2,20,22)(H,23,24)/b21-8-. The van der Waals surface area contributed by atoms with Crippen LogP contribution < -0.4 is 11.2 Å². The molecule has 0 fully saturated rings. The van der Waals surface area contributed by atoms with Gasteiger partial charge in [0.15, 0.2) is 5.13 Å². The first kappa shape index (κ1) is 16.9. The molecule has 0 atom stereocenters. The van der Waals surface area contributed by atoms with Crippen LogP contribution in [0.5, 0.6) is 0 Å². The number of nitrogen functional groups attached to an aromatic ring is 1. The third kappa shape index (κ3) is 3.77. The Morgan fingerprint density at radius 3 is 2.76 bits per heavy atom. The molecular formula is C16H11F3N4OS. The maximum Gasteiger partial charge on any atom is 0.417 e. The van der Waals surface area contributed by atoms with Crippen molar-refractivity contribution >= 4 is 38.8 Å². The minimum absolute atomic E-state index is 0.138. The molecule has 0 aliphatic heterocycles. The van der Waals surface area contributed by atoms with Crippen LogP contribution >= 0.6 is 11.3 Å². The van der Waals surface area contributed by atoms with Gasteiger partial charge in [-0.25, -0.2) is 10.4 Å². The molecule has 9 heteroatoms. The van der Waals surface area contributed by atoms with Gasteiger partial charge in [-0.15, -0.1) is 0 Å². The molecule has 0 aliphatic rings. The molecule has 5 nitrogen and oxygen atoms in total. The van der Waals surface area contributed by atoms with Crippen molar-refractivity contribution < 1.29 is 18.0 Å². The molecule has 0 unspecified atom stereocenters. The van der Waals surface area contributed by atoms with Crippen molar-refractivity contribution in [1.29, 1.82) is 0 Å². The molecule has 3 N–H and O–H groups in total. The fourth-order valence-electron chi connectivity index (χ4n) is 2.18. The maximum absolute atomic E-state index is 12.9. The predicted octanol–water partition coefficient (Wildman–Crippen LogP) is 3.66. The van der Waals surface area contributed by atoms with E-state index in [0.717, 1.165) is 17.0 Å². The van der Waals surface area contributed by atoms with E-state index in [1.807, 2.05) is 0 Å². The highest BCUT2D eigenvalue weighted by atomic mass is 32.1. The fraction of sp³-hybridized carbons (Fsp3) is 0.0625. The van der Waals surface area contributed by atoms with Crippen LogP contribution in [0.4, 0.5) is 18.3 Å². The quantitative estimate of drug-likeness (QED) is 0.550. The number of rotatable bonds is 3. The van der Waals surface area contributed by atoms with Gasteiger partial charge in [0.05, 0.1) is 22.0 Å².